The molecular formula is C17H15BrN2O2. The van der Waals surface area contributed by atoms with Crippen molar-refractivity contribution in [2.24, 2.45) is 0 Å². The third-order valence-electron chi connectivity index (χ3n) is 3.23. The number of ether oxygens (including phenoxy) is 1. The molecule has 0 unspecified atom stereocenters. The molecule has 22 heavy (non-hydrogen) atoms. The van der Waals surface area contributed by atoms with Crippen LogP contribution >= 0.6 is 15.9 Å². The van der Waals surface area contributed by atoms with Gasteiger partial charge in [0, 0.05) is 35.4 Å². The SMILES string of the molecule is CC(=O)OCc1cc(N(C)c2ccc(C#N)cc2)ccc1Br. The lowest BCUT2D eigenvalue weighted by Crippen LogP contribution is -2.10. The Morgan fingerprint density at radius 2 is 1.86 bits per heavy atom. The molecule has 0 saturated carbocycles. The van der Waals surface area contributed by atoms with E-state index in [0.29, 0.717) is 5.56 Å². The summed E-state index contributed by atoms with van der Waals surface area (Å²) in [6.45, 7) is 1.62. The van der Waals surface area contributed by atoms with Crippen LogP contribution in [-0.2, 0) is 16.1 Å². The molecule has 0 saturated heterocycles. The average Bonchev–Trinajstić information content (AvgIpc) is 2.53. The third-order valence-corrected chi connectivity index (χ3v) is 4.00. The van der Waals surface area contributed by atoms with Gasteiger partial charge in [-0.05, 0) is 42.5 Å². The number of rotatable bonds is 4. The van der Waals surface area contributed by atoms with Crippen LogP contribution in [0.4, 0.5) is 11.4 Å². The first kappa shape index (κ1) is 16.1. The quantitative estimate of drug-likeness (QED) is 0.770. The number of esters is 1. The molecule has 0 radical (unpaired) electrons. The average molecular weight is 359 g/mol. The molecule has 0 aromatic heterocycles. The van der Waals surface area contributed by atoms with Crippen molar-refractivity contribution < 1.29 is 9.53 Å². The Bertz CT molecular complexity index is 720. The Morgan fingerprint density at radius 3 is 2.45 bits per heavy atom. The van der Waals surface area contributed by atoms with Gasteiger partial charge in [-0.25, -0.2) is 0 Å². The molecule has 0 aliphatic rings. The Labute approximate surface area is 138 Å². The lowest BCUT2D eigenvalue weighted by Gasteiger charge is -2.21. The maximum absolute atomic E-state index is 11.0. The summed E-state index contributed by atoms with van der Waals surface area (Å²) in [6.07, 6.45) is 0. The van der Waals surface area contributed by atoms with Gasteiger partial charge in [0.25, 0.3) is 0 Å². The van der Waals surface area contributed by atoms with Crippen molar-refractivity contribution in [3.63, 3.8) is 0 Å². The minimum atomic E-state index is -0.308. The van der Waals surface area contributed by atoms with Gasteiger partial charge in [-0.1, -0.05) is 15.9 Å². The van der Waals surface area contributed by atoms with Crippen molar-refractivity contribution in [3.8, 4) is 6.07 Å². The Kier molecular flexibility index (Phi) is 5.18. The van der Waals surface area contributed by atoms with E-state index in [2.05, 4.69) is 22.0 Å². The van der Waals surface area contributed by atoms with E-state index < -0.39 is 0 Å². The third kappa shape index (κ3) is 3.86. The van der Waals surface area contributed by atoms with Crippen LogP contribution in [0.3, 0.4) is 0 Å². The number of nitrogens with zero attached hydrogens (tertiary/aromatic N) is 2. The van der Waals surface area contributed by atoms with Crippen LogP contribution in [0.15, 0.2) is 46.9 Å². The minimum Gasteiger partial charge on any atom is -0.461 e. The smallest absolute Gasteiger partial charge is 0.302 e. The predicted molar refractivity (Wildman–Crippen MR) is 88.8 cm³/mol. The van der Waals surface area contributed by atoms with Gasteiger partial charge < -0.3 is 9.64 Å². The fourth-order valence-electron chi connectivity index (χ4n) is 1.97. The maximum atomic E-state index is 11.0. The van der Waals surface area contributed by atoms with Crippen LogP contribution in [0, 0.1) is 11.3 Å². The Morgan fingerprint density at radius 1 is 1.23 bits per heavy atom. The fourth-order valence-corrected chi connectivity index (χ4v) is 2.33. The molecule has 4 nitrogen and oxygen atoms in total. The van der Waals surface area contributed by atoms with Crippen LogP contribution in [-0.4, -0.2) is 13.0 Å². The van der Waals surface area contributed by atoms with Gasteiger partial charge in [0.1, 0.15) is 6.61 Å². The molecule has 112 valence electrons. The highest BCUT2D eigenvalue weighted by molar-refractivity contribution is 9.10. The second-order valence-corrected chi connectivity index (χ2v) is 5.63. The van der Waals surface area contributed by atoms with Crippen LogP contribution < -0.4 is 4.90 Å². The van der Waals surface area contributed by atoms with Gasteiger partial charge in [0.2, 0.25) is 0 Å². The van der Waals surface area contributed by atoms with E-state index in [1.807, 2.05) is 42.3 Å². The summed E-state index contributed by atoms with van der Waals surface area (Å²) in [5, 5.41) is 8.84. The summed E-state index contributed by atoms with van der Waals surface area (Å²) in [6, 6.07) is 15.3. The number of hydrogen-bond acceptors (Lipinski definition) is 4. The zero-order valence-corrected chi connectivity index (χ0v) is 13.9. The summed E-state index contributed by atoms with van der Waals surface area (Å²) in [4.78, 5) is 13.0. The van der Waals surface area contributed by atoms with Crippen molar-refractivity contribution in [3.05, 3.63) is 58.1 Å². The first-order chi connectivity index (χ1) is 10.5. The first-order valence-electron chi connectivity index (χ1n) is 6.67. The van der Waals surface area contributed by atoms with Crippen molar-refractivity contribution in [1.82, 2.24) is 0 Å². The van der Waals surface area contributed by atoms with Crippen LogP contribution in [0.1, 0.15) is 18.1 Å². The summed E-state index contributed by atoms with van der Waals surface area (Å²) >= 11 is 3.46. The monoisotopic (exact) mass is 358 g/mol. The van der Waals surface area contributed by atoms with Crippen molar-refractivity contribution >= 4 is 33.3 Å². The number of carbonyl (C=O) groups excluding carboxylic acids is 1. The molecule has 0 aliphatic carbocycles. The molecule has 2 aromatic rings. The van der Waals surface area contributed by atoms with Gasteiger partial charge in [0.15, 0.2) is 0 Å². The highest BCUT2D eigenvalue weighted by Crippen LogP contribution is 2.28. The van der Waals surface area contributed by atoms with Gasteiger partial charge in [-0.15, -0.1) is 0 Å². The van der Waals surface area contributed by atoms with Crippen molar-refractivity contribution in [2.75, 3.05) is 11.9 Å². The summed E-state index contributed by atoms with van der Waals surface area (Å²) in [5.74, 6) is -0.308. The van der Waals surface area contributed by atoms with Crippen molar-refractivity contribution in [1.29, 1.82) is 5.26 Å². The summed E-state index contributed by atoms with van der Waals surface area (Å²) in [5.41, 5.74) is 3.46. The van der Waals surface area contributed by atoms with E-state index in [9.17, 15) is 4.79 Å². The van der Waals surface area contributed by atoms with Gasteiger partial charge in [-0.2, -0.15) is 5.26 Å². The molecule has 0 N–H and O–H groups in total. The number of carbonyl (C=O) groups is 1. The van der Waals surface area contributed by atoms with E-state index >= 15 is 0 Å². The molecule has 2 aromatic carbocycles. The molecule has 0 amide bonds. The summed E-state index contributed by atoms with van der Waals surface area (Å²) < 4.78 is 5.95. The van der Waals surface area contributed by atoms with E-state index in [-0.39, 0.29) is 12.6 Å². The van der Waals surface area contributed by atoms with E-state index in [1.165, 1.54) is 6.92 Å². The standard InChI is InChI=1S/C17H15BrN2O2/c1-12(21)22-11-14-9-16(7-8-17(14)18)20(2)15-5-3-13(10-19)4-6-15/h3-9H,11H2,1-2H3. The molecule has 0 spiro atoms. The Hall–Kier alpha value is -2.32. The minimum absolute atomic E-state index is 0.227. The highest BCUT2D eigenvalue weighted by Gasteiger charge is 2.08. The number of nitriles is 1. The van der Waals surface area contributed by atoms with Gasteiger partial charge in [0.05, 0.1) is 11.6 Å². The zero-order chi connectivity index (χ0) is 16.1. The lowest BCUT2D eigenvalue weighted by molar-refractivity contribution is -0.142. The maximum Gasteiger partial charge on any atom is 0.302 e. The molecule has 0 fully saturated rings. The predicted octanol–water partition coefficient (Wildman–Crippen LogP) is 4.15. The van der Waals surface area contributed by atoms with E-state index in [1.54, 1.807) is 12.1 Å². The Balaban J connectivity index is 2.25. The van der Waals surface area contributed by atoms with Crippen LogP contribution in [0.5, 0.6) is 0 Å². The second kappa shape index (κ2) is 7.10. The molecule has 0 aliphatic heterocycles. The molecule has 0 heterocycles. The lowest BCUT2D eigenvalue weighted by atomic mass is 10.1. The molecule has 2 rings (SSSR count). The summed E-state index contributed by atoms with van der Waals surface area (Å²) in [7, 11) is 1.94. The van der Waals surface area contributed by atoms with Crippen molar-refractivity contribution in [2.45, 2.75) is 13.5 Å². The number of benzene rings is 2. The number of anilines is 2. The molecular weight excluding hydrogens is 344 g/mol. The highest BCUT2D eigenvalue weighted by atomic mass is 79.9. The van der Waals surface area contributed by atoms with Crippen LogP contribution in [0.2, 0.25) is 0 Å². The fraction of sp³-hybridized carbons (Fsp3) is 0.176. The van der Waals surface area contributed by atoms with Gasteiger partial charge in [-0.3, -0.25) is 4.79 Å². The van der Waals surface area contributed by atoms with Gasteiger partial charge >= 0.3 is 5.97 Å². The normalized spacial score (nSPS) is 9.91. The molecule has 0 atom stereocenters. The number of halogens is 1. The van der Waals surface area contributed by atoms with Crippen LogP contribution in [0.25, 0.3) is 0 Å². The largest absolute Gasteiger partial charge is 0.461 e. The van der Waals surface area contributed by atoms with E-state index in [0.717, 1.165) is 21.4 Å². The van der Waals surface area contributed by atoms with E-state index in [4.69, 9.17) is 10.00 Å². The number of hydrogen-bond donors (Lipinski definition) is 0. The second-order valence-electron chi connectivity index (χ2n) is 4.77. The molecule has 5 heteroatoms. The zero-order valence-electron chi connectivity index (χ0n) is 12.3. The topological polar surface area (TPSA) is 53.3 Å². The molecule has 0 bridgehead atoms. The first-order valence-corrected chi connectivity index (χ1v) is 7.46.